The Balaban J connectivity index is 1.12. The highest BCUT2D eigenvalue weighted by Crippen LogP contribution is 2.31. The molecule has 3 aliphatic heterocycles. The predicted molar refractivity (Wildman–Crippen MR) is 197 cm³/mol. The fraction of sp³-hybridized carbons (Fsp3) is 0.405. The minimum atomic E-state index is -1.40. The first kappa shape index (κ1) is 39.9. The van der Waals surface area contributed by atoms with Gasteiger partial charge in [-0.2, -0.15) is 0 Å². The van der Waals surface area contributed by atoms with Gasteiger partial charge in [0.1, 0.15) is 36.8 Å². The number of carbonyl (C=O) groups is 3. The molecule has 0 bridgehead atoms. The van der Waals surface area contributed by atoms with Crippen LogP contribution in [-0.4, -0.2) is 111 Å². The van der Waals surface area contributed by atoms with Gasteiger partial charge in [-0.3, -0.25) is 9.59 Å². The molecule has 3 aromatic rings. The molecule has 13 nitrogen and oxygen atoms in total. The maximum atomic E-state index is 13.7. The number of ether oxygens (including phenoxy) is 8. The van der Waals surface area contributed by atoms with Crippen molar-refractivity contribution >= 4 is 17.8 Å². The van der Waals surface area contributed by atoms with E-state index in [0.29, 0.717) is 18.6 Å². The van der Waals surface area contributed by atoms with Crippen molar-refractivity contribution in [1.82, 2.24) is 4.90 Å². The second-order valence-corrected chi connectivity index (χ2v) is 13.3. The summed E-state index contributed by atoms with van der Waals surface area (Å²) in [7, 11) is 2.78. The molecule has 0 aliphatic carbocycles. The topological polar surface area (TPSA) is 149 Å². The number of methoxy groups -OCH3 is 2. The van der Waals surface area contributed by atoms with Crippen LogP contribution in [0, 0.1) is 0 Å². The Labute approximate surface area is 320 Å². The number of hydrogen-bond donors (Lipinski definition) is 1. The van der Waals surface area contributed by atoms with Crippen LogP contribution >= 0.6 is 0 Å². The summed E-state index contributed by atoms with van der Waals surface area (Å²) in [5, 5.41) is 10.3. The average Bonchev–Trinajstić information content (AvgIpc) is 3.59. The number of nitrogens with zero attached hydrogens (tertiary/aromatic N) is 1. The van der Waals surface area contributed by atoms with Gasteiger partial charge in [0.25, 0.3) is 5.91 Å². The van der Waals surface area contributed by atoms with Crippen molar-refractivity contribution < 1.29 is 57.4 Å². The SMILES string of the molecule is COC1OC(CO)C(OCc2ccccc2)C(OCc2ccccc2)C1OCCC=C1C=CC(=O)C(C(OC)C(=O)N2C(=O)OCC2Cc2ccccc2)O1. The standard InChI is InChI=1S/C42H47NO12/c1-48-38(40(46)43-31(27-53-42(43)47)23-28-13-6-3-7-14-28)35-33(45)21-20-32(54-35)19-12-22-50-39-37(52-26-30-17-10-5-11-18-30)36(34(24-44)55-41(39)49-2)51-25-29-15-8-4-9-16-29/h3-11,13-21,31,34-39,41,44H,12,22-27H2,1-2H3. The maximum Gasteiger partial charge on any atom is 0.417 e. The first-order valence-corrected chi connectivity index (χ1v) is 18.3. The van der Waals surface area contributed by atoms with E-state index >= 15 is 0 Å². The zero-order valence-electron chi connectivity index (χ0n) is 30.8. The molecule has 55 heavy (non-hydrogen) atoms. The molecule has 3 aliphatic rings. The lowest BCUT2D eigenvalue weighted by Crippen LogP contribution is -2.61. The van der Waals surface area contributed by atoms with Gasteiger partial charge < -0.3 is 43.0 Å². The largest absolute Gasteiger partial charge is 0.479 e. The summed E-state index contributed by atoms with van der Waals surface area (Å²) in [5.41, 5.74) is 2.81. The minimum Gasteiger partial charge on any atom is -0.479 e. The molecule has 292 valence electrons. The predicted octanol–water partition coefficient (Wildman–Crippen LogP) is 4.31. The van der Waals surface area contributed by atoms with Gasteiger partial charge in [-0.15, -0.1) is 0 Å². The number of allylic oxidation sites excluding steroid dienone is 1. The maximum absolute atomic E-state index is 13.7. The van der Waals surface area contributed by atoms with Crippen molar-refractivity contribution in [3.05, 3.63) is 132 Å². The highest BCUT2D eigenvalue weighted by molar-refractivity contribution is 6.03. The Morgan fingerprint density at radius 1 is 0.836 bits per heavy atom. The van der Waals surface area contributed by atoms with Gasteiger partial charge in [0.2, 0.25) is 0 Å². The van der Waals surface area contributed by atoms with Crippen LogP contribution in [0.3, 0.4) is 0 Å². The quantitative estimate of drug-likeness (QED) is 0.196. The molecular weight excluding hydrogens is 710 g/mol. The molecule has 13 heteroatoms. The van der Waals surface area contributed by atoms with Crippen molar-refractivity contribution in [1.29, 1.82) is 0 Å². The van der Waals surface area contributed by atoms with E-state index in [2.05, 4.69) is 0 Å². The van der Waals surface area contributed by atoms with Gasteiger partial charge in [-0.05, 0) is 47.8 Å². The molecule has 3 heterocycles. The Morgan fingerprint density at radius 2 is 1.45 bits per heavy atom. The number of aliphatic hydroxyl groups excluding tert-OH is 1. The Bertz CT molecular complexity index is 1750. The summed E-state index contributed by atoms with van der Waals surface area (Å²) < 4.78 is 47.8. The molecule has 0 radical (unpaired) electrons. The first-order valence-electron chi connectivity index (χ1n) is 18.3. The number of imide groups is 1. The van der Waals surface area contributed by atoms with Gasteiger partial charge >= 0.3 is 6.09 Å². The number of rotatable bonds is 17. The van der Waals surface area contributed by atoms with E-state index in [0.717, 1.165) is 21.6 Å². The van der Waals surface area contributed by atoms with E-state index in [1.165, 1.54) is 26.4 Å². The van der Waals surface area contributed by atoms with E-state index < -0.39 is 66.7 Å². The molecule has 0 aromatic heterocycles. The minimum absolute atomic E-state index is 0.0229. The summed E-state index contributed by atoms with van der Waals surface area (Å²) in [4.78, 5) is 40.5. The van der Waals surface area contributed by atoms with E-state index in [-0.39, 0.29) is 33.0 Å². The highest BCUT2D eigenvalue weighted by Gasteiger charge is 2.49. The molecule has 0 spiro atoms. The van der Waals surface area contributed by atoms with Gasteiger partial charge in [0, 0.05) is 14.2 Å². The van der Waals surface area contributed by atoms with Crippen molar-refractivity contribution in [3.8, 4) is 0 Å². The van der Waals surface area contributed by atoms with E-state index in [1.54, 1.807) is 6.08 Å². The third kappa shape index (κ3) is 10.1. The van der Waals surface area contributed by atoms with Crippen molar-refractivity contribution in [2.45, 2.75) is 75.0 Å². The second-order valence-electron chi connectivity index (χ2n) is 13.3. The Morgan fingerprint density at radius 3 is 2.05 bits per heavy atom. The van der Waals surface area contributed by atoms with Gasteiger partial charge in [0.05, 0.1) is 32.5 Å². The summed E-state index contributed by atoms with van der Waals surface area (Å²) in [5.74, 6) is -0.893. The monoisotopic (exact) mass is 757 g/mol. The fourth-order valence-corrected chi connectivity index (χ4v) is 6.81. The van der Waals surface area contributed by atoms with E-state index in [9.17, 15) is 19.5 Å². The second kappa shape index (κ2) is 19.7. The van der Waals surface area contributed by atoms with E-state index in [1.807, 2.05) is 91.0 Å². The Kier molecular flexibility index (Phi) is 14.3. The molecule has 2 fully saturated rings. The Hall–Kier alpha value is -4.73. The van der Waals surface area contributed by atoms with Crippen LogP contribution in [0.15, 0.2) is 115 Å². The molecule has 1 N–H and O–H groups in total. The third-order valence-electron chi connectivity index (χ3n) is 9.59. The molecule has 0 saturated carbocycles. The van der Waals surface area contributed by atoms with Crippen molar-refractivity contribution in [3.63, 3.8) is 0 Å². The normalized spacial score (nSPS) is 26.5. The molecule has 2 saturated heterocycles. The van der Waals surface area contributed by atoms with Crippen LogP contribution < -0.4 is 0 Å². The summed E-state index contributed by atoms with van der Waals surface area (Å²) >= 11 is 0. The van der Waals surface area contributed by atoms with Crippen LogP contribution in [0.1, 0.15) is 23.1 Å². The lowest BCUT2D eigenvalue weighted by molar-refractivity contribution is -0.319. The lowest BCUT2D eigenvalue weighted by atomic mass is 9.98. The summed E-state index contributed by atoms with van der Waals surface area (Å²) in [6, 6.07) is 28.2. The van der Waals surface area contributed by atoms with Crippen LogP contribution in [0.4, 0.5) is 4.79 Å². The molecule has 3 aromatic carbocycles. The molecule has 8 atom stereocenters. The summed E-state index contributed by atoms with van der Waals surface area (Å²) in [6.45, 7) is 0.361. The summed E-state index contributed by atoms with van der Waals surface area (Å²) in [6.07, 6.45) is -2.09. The van der Waals surface area contributed by atoms with Crippen LogP contribution in [0.5, 0.6) is 0 Å². The number of amides is 2. The van der Waals surface area contributed by atoms with Crippen LogP contribution in [0.2, 0.25) is 0 Å². The zero-order valence-corrected chi connectivity index (χ0v) is 30.8. The van der Waals surface area contributed by atoms with Gasteiger partial charge in [-0.1, -0.05) is 91.0 Å². The number of ketones is 1. The fourth-order valence-electron chi connectivity index (χ4n) is 6.81. The number of cyclic esters (lactones) is 1. The van der Waals surface area contributed by atoms with Crippen LogP contribution in [-0.2, 0) is 67.1 Å². The smallest absolute Gasteiger partial charge is 0.417 e. The molecule has 6 rings (SSSR count). The number of hydrogen-bond acceptors (Lipinski definition) is 12. The van der Waals surface area contributed by atoms with Crippen molar-refractivity contribution in [2.24, 2.45) is 0 Å². The average molecular weight is 758 g/mol. The van der Waals surface area contributed by atoms with Crippen molar-refractivity contribution in [2.75, 3.05) is 34.0 Å². The zero-order chi connectivity index (χ0) is 38.6. The molecule has 2 amide bonds. The molecular formula is C42H47NO12. The number of aliphatic hydroxyl groups is 1. The van der Waals surface area contributed by atoms with Crippen LogP contribution in [0.25, 0.3) is 0 Å². The first-order chi connectivity index (χ1) is 26.9. The van der Waals surface area contributed by atoms with E-state index in [4.69, 9.17) is 37.9 Å². The third-order valence-corrected chi connectivity index (χ3v) is 9.59. The lowest BCUT2D eigenvalue weighted by Gasteiger charge is -2.45. The van der Waals surface area contributed by atoms with Gasteiger partial charge in [0.15, 0.2) is 24.3 Å². The molecule has 8 unspecified atom stereocenters. The number of carbonyl (C=O) groups excluding carboxylic acids is 3. The highest BCUT2D eigenvalue weighted by atomic mass is 16.7. The number of benzene rings is 3. The van der Waals surface area contributed by atoms with Gasteiger partial charge in [-0.25, -0.2) is 9.69 Å².